The molecule has 1 aliphatic heterocycles. The molecule has 0 aromatic carbocycles. The van der Waals surface area contributed by atoms with E-state index in [0.717, 1.165) is 23.7 Å². The van der Waals surface area contributed by atoms with Crippen LogP contribution in [0.3, 0.4) is 0 Å². The third kappa shape index (κ3) is 3.96. The van der Waals surface area contributed by atoms with Crippen LogP contribution in [0.25, 0.3) is 0 Å². The highest BCUT2D eigenvalue weighted by Crippen LogP contribution is 2.19. The zero-order chi connectivity index (χ0) is 18.7. The summed E-state index contributed by atoms with van der Waals surface area (Å²) in [4.78, 5) is 27.2. The summed E-state index contributed by atoms with van der Waals surface area (Å²) in [7, 11) is 0. The van der Waals surface area contributed by atoms with Crippen molar-refractivity contribution in [2.45, 2.75) is 32.4 Å². The van der Waals surface area contributed by atoms with Gasteiger partial charge in [-0.15, -0.1) is 0 Å². The molecule has 8 heteroatoms. The number of nitrogens with one attached hydrogen (secondary N) is 3. The predicted octanol–water partition coefficient (Wildman–Crippen LogP) is 1.28. The van der Waals surface area contributed by atoms with E-state index in [-0.39, 0.29) is 24.7 Å². The molecule has 7 nitrogen and oxygen atoms in total. The summed E-state index contributed by atoms with van der Waals surface area (Å²) in [5.74, 6) is -1.07. The molecule has 0 radical (unpaired) electrons. The molecule has 1 fully saturated rings. The van der Waals surface area contributed by atoms with Gasteiger partial charge in [0.1, 0.15) is 18.1 Å². The Kier molecular flexibility index (Phi) is 5.13. The average Bonchev–Trinajstić information content (AvgIpc) is 3.31. The molecule has 0 spiro atoms. The molecule has 2 aromatic rings. The molecule has 0 aliphatic carbocycles. The van der Waals surface area contributed by atoms with E-state index in [4.69, 9.17) is 4.74 Å². The minimum Gasteiger partial charge on any atom is -0.379 e. The number of ether oxygens (including phenoxy) is 1. The maximum absolute atomic E-state index is 13.1. The van der Waals surface area contributed by atoms with E-state index >= 15 is 0 Å². The fourth-order valence-electron chi connectivity index (χ4n) is 3.11. The maximum atomic E-state index is 13.1. The van der Waals surface area contributed by atoms with E-state index in [1.165, 1.54) is 0 Å². The highest BCUT2D eigenvalue weighted by atomic mass is 19.1. The fraction of sp³-hybridized carbons (Fsp3) is 0.444. The molecule has 0 bridgehead atoms. The van der Waals surface area contributed by atoms with Crippen LogP contribution in [-0.2, 0) is 16.1 Å². The third-order valence-corrected chi connectivity index (χ3v) is 4.72. The lowest BCUT2D eigenvalue weighted by molar-refractivity contribution is -0.122. The molecule has 3 N–H and O–H groups in total. The topological polar surface area (TPSA) is 88.2 Å². The Morgan fingerprint density at radius 1 is 1.35 bits per heavy atom. The van der Waals surface area contributed by atoms with Crippen LogP contribution in [0.4, 0.5) is 4.39 Å². The van der Waals surface area contributed by atoms with Crippen molar-refractivity contribution < 1.29 is 18.7 Å². The number of halogens is 1. The van der Waals surface area contributed by atoms with Crippen LogP contribution in [0.15, 0.2) is 24.4 Å². The Hall–Kier alpha value is -2.61. The molecular weight excluding hydrogens is 339 g/mol. The van der Waals surface area contributed by atoms with Crippen molar-refractivity contribution in [3.8, 4) is 0 Å². The second kappa shape index (κ2) is 7.33. The predicted molar refractivity (Wildman–Crippen MR) is 93.3 cm³/mol. The molecule has 2 aromatic heterocycles. The lowest BCUT2D eigenvalue weighted by atomic mass is 9.98. The largest absolute Gasteiger partial charge is 0.379 e. The first-order valence-corrected chi connectivity index (χ1v) is 8.52. The molecule has 1 atom stereocenters. The Balaban J connectivity index is 1.61. The van der Waals surface area contributed by atoms with Gasteiger partial charge in [-0.25, -0.2) is 4.39 Å². The third-order valence-electron chi connectivity index (χ3n) is 4.72. The molecule has 3 heterocycles. The normalized spacial score (nSPS) is 19.5. The zero-order valence-electron chi connectivity index (χ0n) is 14.9. The Morgan fingerprint density at radius 3 is 2.65 bits per heavy atom. The maximum Gasteiger partial charge on any atom is 0.268 e. The molecule has 140 valence electrons. The first-order valence-electron chi connectivity index (χ1n) is 8.52. The van der Waals surface area contributed by atoms with Crippen LogP contribution < -0.4 is 10.6 Å². The van der Waals surface area contributed by atoms with Crippen molar-refractivity contribution in [1.82, 2.24) is 20.2 Å². The Bertz CT molecular complexity index is 786. The van der Waals surface area contributed by atoms with Gasteiger partial charge in [0.2, 0.25) is 5.91 Å². The number of nitrogens with zero attached hydrogens (tertiary/aromatic N) is 1. The molecular formula is C18H23FN4O3. The van der Waals surface area contributed by atoms with Crippen LogP contribution >= 0.6 is 0 Å². The van der Waals surface area contributed by atoms with Crippen molar-refractivity contribution in [2.75, 3.05) is 19.8 Å². The van der Waals surface area contributed by atoms with E-state index in [0.29, 0.717) is 19.6 Å². The monoisotopic (exact) mass is 362 g/mol. The average molecular weight is 362 g/mol. The van der Waals surface area contributed by atoms with Gasteiger partial charge in [0, 0.05) is 36.8 Å². The Labute approximate surface area is 150 Å². The quantitative estimate of drug-likeness (QED) is 0.723. The summed E-state index contributed by atoms with van der Waals surface area (Å²) in [5, 5.41) is 5.76. The van der Waals surface area contributed by atoms with Gasteiger partial charge in [0.05, 0.1) is 12.1 Å². The highest BCUT2D eigenvalue weighted by Gasteiger charge is 2.37. The molecule has 1 unspecified atom stereocenters. The van der Waals surface area contributed by atoms with Crippen molar-refractivity contribution in [3.63, 3.8) is 0 Å². The summed E-state index contributed by atoms with van der Waals surface area (Å²) < 4.78 is 20.4. The van der Waals surface area contributed by atoms with E-state index < -0.39 is 17.3 Å². The second-order valence-electron chi connectivity index (χ2n) is 6.75. The summed E-state index contributed by atoms with van der Waals surface area (Å²) in [6.07, 6.45) is 1.69. The standard InChI is InChI=1S/C18H23FN4O3/c1-12-3-4-13(2)23(12)9-16(24)21-10-18(5-6-26-11-18)22-17(25)15-7-14(19)8-20-15/h3-4,7-8,20H,5-6,9-11H2,1-2H3,(H,21,24)(H,22,25). The number of aryl methyl sites for hydroxylation is 2. The molecule has 1 saturated heterocycles. The lowest BCUT2D eigenvalue weighted by Crippen LogP contribution is -2.56. The van der Waals surface area contributed by atoms with E-state index in [1.807, 2.05) is 30.5 Å². The van der Waals surface area contributed by atoms with Gasteiger partial charge in [-0.3, -0.25) is 9.59 Å². The molecule has 2 amide bonds. The summed E-state index contributed by atoms with van der Waals surface area (Å²) in [6.45, 7) is 5.15. The summed E-state index contributed by atoms with van der Waals surface area (Å²) in [6, 6.07) is 5.06. The van der Waals surface area contributed by atoms with Crippen molar-refractivity contribution in [2.24, 2.45) is 0 Å². The van der Waals surface area contributed by atoms with Crippen LogP contribution in [0.2, 0.25) is 0 Å². The molecule has 1 aliphatic rings. The number of aromatic nitrogens is 2. The van der Waals surface area contributed by atoms with E-state index in [9.17, 15) is 14.0 Å². The first-order chi connectivity index (χ1) is 12.4. The van der Waals surface area contributed by atoms with Crippen LogP contribution in [0.1, 0.15) is 28.3 Å². The number of amides is 2. The van der Waals surface area contributed by atoms with Crippen molar-refractivity contribution in [3.05, 3.63) is 47.3 Å². The zero-order valence-corrected chi connectivity index (χ0v) is 14.9. The van der Waals surface area contributed by atoms with Gasteiger partial charge in [0.25, 0.3) is 5.91 Å². The fourth-order valence-corrected chi connectivity index (χ4v) is 3.11. The van der Waals surface area contributed by atoms with Gasteiger partial charge in [-0.1, -0.05) is 0 Å². The number of hydrogen-bond acceptors (Lipinski definition) is 3. The second-order valence-corrected chi connectivity index (χ2v) is 6.75. The summed E-state index contributed by atoms with van der Waals surface area (Å²) in [5.41, 5.74) is 1.46. The van der Waals surface area contributed by atoms with Crippen LogP contribution in [0, 0.1) is 19.7 Å². The minimum atomic E-state index is -0.699. The number of H-pyrrole nitrogens is 1. The number of rotatable bonds is 6. The molecule has 3 rings (SSSR count). The van der Waals surface area contributed by atoms with Gasteiger partial charge < -0.3 is 24.9 Å². The van der Waals surface area contributed by atoms with Gasteiger partial charge >= 0.3 is 0 Å². The van der Waals surface area contributed by atoms with Gasteiger partial charge in [-0.2, -0.15) is 0 Å². The van der Waals surface area contributed by atoms with E-state index in [2.05, 4.69) is 15.6 Å². The molecule has 0 saturated carbocycles. The highest BCUT2D eigenvalue weighted by molar-refractivity contribution is 5.93. The van der Waals surface area contributed by atoms with Crippen molar-refractivity contribution >= 4 is 11.8 Å². The van der Waals surface area contributed by atoms with E-state index in [1.54, 1.807) is 0 Å². The summed E-state index contributed by atoms with van der Waals surface area (Å²) >= 11 is 0. The van der Waals surface area contributed by atoms with Gasteiger partial charge in [-0.05, 0) is 32.4 Å². The van der Waals surface area contributed by atoms with Gasteiger partial charge in [0.15, 0.2) is 0 Å². The smallest absolute Gasteiger partial charge is 0.268 e. The number of hydrogen-bond donors (Lipinski definition) is 3. The number of carbonyl (C=O) groups is 2. The van der Waals surface area contributed by atoms with Crippen molar-refractivity contribution in [1.29, 1.82) is 0 Å². The lowest BCUT2D eigenvalue weighted by Gasteiger charge is -2.29. The number of aromatic amines is 1. The molecule has 26 heavy (non-hydrogen) atoms. The Morgan fingerprint density at radius 2 is 2.08 bits per heavy atom. The first kappa shape index (κ1) is 18.2. The minimum absolute atomic E-state index is 0.138. The number of carbonyl (C=O) groups excluding carboxylic acids is 2. The van der Waals surface area contributed by atoms with Crippen LogP contribution in [-0.4, -0.2) is 46.7 Å². The van der Waals surface area contributed by atoms with Crippen LogP contribution in [0.5, 0.6) is 0 Å². The SMILES string of the molecule is Cc1ccc(C)n1CC(=O)NCC1(NC(=O)c2cc(F)c[nH]2)CCOC1.